The van der Waals surface area contributed by atoms with Gasteiger partial charge in [-0.15, -0.1) is 0 Å². The third kappa shape index (κ3) is 3.88. The average Bonchev–Trinajstić information content (AvgIpc) is 3.22. The second-order valence-corrected chi connectivity index (χ2v) is 6.56. The SMILES string of the molecule is COc1ccc2ccc(OC)c(/C=N/NC(=O)c3cc4cc([N+](=O)[O-])ccc4o3)c2c1. The van der Waals surface area contributed by atoms with Crippen LogP contribution in [0.3, 0.4) is 0 Å². The average molecular weight is 419 g/mol. The summed E-state index contributed by atoms with van der Waals surface area (Å²) in [5, 5.41) is 17.2. The molecule has 156 valence electrons. The summed E-state index contributed by atoms with van der Waals surface area (Å²) in [4.78, 5) is 22.8. The van der Waals surface area contributed by atoms with E-state index in [-0.39, 0.29) is 11.4 Å². The zero-order valence-corrected chi connectivity index (χ0v) is 16.6. The zero-order valence-electron chi connectivity index (χ0n) is 16.6. The van der Waals surface area contributed by atoms with Gasteiger partial charge in [0, 0.05) is 23.1 Å². The van der Waals surface area contributed by atoms with Crippen LogP contribution in [0.15, 0.2) is 64.1 Å². The number of nitro benzene ring substituents is 1. The minimum Gasteiger partial charge on any atom is -0.497 e. The standard InChI is InChI=1S/C22H17N3O6/c1-29-16-6-3-13-4-7-20(30-2)18(17(13)11-16)12-23-24-22(26)21-10-14-9-15(25(27)28)5-8-19(14)31-21/h3-12H,1-2H3,(H,24,26)/b23-12+. The van der Waals surface area contributed by atoms with Gasteiger partial charge in [0.1, 0.15) is 17.1 Å². The molecule has 1 aromatic heterocycles. The van der Waals surface area contributed by atoms with Gasteiger partial charge in [-0.05, 0) is 41.1 Å². The summed E-state index contributed by atoms with van der Waals surface area (Å²) < 4.78 is 16.2. The number of hydrogen-bond acceptors (Lipinski definition) is 7. The second kappa shape index (κ2) is 8.15. The van der Waals surface area contributed by atoms with Gasteiger partial charge in [-0.2, -0.15) is 5.10 Å². The van der Waals surface area contributed by atoms with Gasteiger partial charge >= 0.3 is 5.91 Å². The van der Waals surface area contributed by atoms with Crippen molar-refractivity contribution in [1.82, 2.24) is 5.43 Å². The number of amides is 1. The number of non-ortho nitro benzene ring substituents is 1. The van der Waals surface area contributed by atoms with Gasteiger partial charge in [-0.1, -0.05) is 12.1 Å². The number of methoxy groups -OCH3 is 2. The molecule has 4 aromatic rings. The predicted octanol–water partition coefficient (Wildman–Crippen LogP) is 4.28. The van der Waals surface area contributed by atoms with Crippen molar-refractivity contribution >= 4 is 39.6 Å². The molecule has 4 rings (SSSR count). The molecule has 1 N–H and O–H groups in total. The fourth-order valence-corrected chi connectivity index (χ4v) is 3.21. The Morgan fingerprint density at radius 3 is 2.61 bits per heavy atom. The monoisotopic (exact) mass is 419 g/mol. The summed E-state index contributed by atoms with van der Waals surface area (Å²) >= 11 is 0. The van der Waals surface area contributed by atoms with E-state index < -0.39 is 10.8 Å². The van der Waals surface area contributed by atoms with Crippen molar-refractivity contribution in [3.05, 3.63) is 76.0 Å². The molecule has 31 heavy (non-hydrogen) atoms. The summed E-state index contributed by atoms with van der Waals surface area (Å²) in [7, 11) is 3.13. The molecule has 1 amide bonds. The highest BCUT2D eigenvalue weighted by Crippen LogP contribution is 2.29. The lowest BCUT2D eigenvalue weighted by atomic mass is 10.0. The maximum atomic E-state index is 12.4. The van der Waals surface area contributed by atoms with E-state index >= 15 is 0 Å². The van der Waals surface area contributed by atoms with Crippen LogP contribution < -0.4 is 14.9 Å². The van der Waals surface area contributed by atoms with E-state index in [1.54, 1.807) is 14.2 Å². The van der Waals surface area contributed by atoms with Crippen molar-refractivity contribution in [2.75, 3.05) is 14.2 Å². The summed E-state index contributed by atoms with van der Waals surface area (Å²) in [5.41, 5.74) is 3.35. The van der Waals surface area contributed by atoms with Gasteiger partial charge in [-0.3, -0.25) is 14.9 Å². The Labute approximate surface area is 176 Å². The van der Waals surface area contributed by atoms with Crippen LogP contribution in [0.2, 0.25) is 0 Å². The number of furan rings is 1. The molecule has 0 radical (unpaired) electrons. The van der Waals surface area contributed by atoms with Crippen LogP contribution in [-0.4, -0.2) is 31.3 Å². The van der Waals surface area contributed by atoms with Crippen molar-refractivity contribution in [3.8, 4) is 11.5 Å². The maximum Gasteiger partial charge on any atom is 0.307 e. The lowest BCUT2D eigenvalue weighted by molar-refractivity contribution is -0.384. The van der Waals surface area contributed by atoms with E-state index in [1.807, 2.05) is 30.3 Å². The van der Waals surface area contributed by atoms with E-state index in [9.17, 15) is 14.9 Å². The Bertz CT molecular complexity index is 1340. The minimum atomic E-state index is -0.591. The van der Waals surface area contributed by atoms with Crippen LogP contribution in [0.4, 0.5) is 5.69 Å². The molecule has 0 fully saturated rings. The first-order chi connectivity index (χ1) is 15.0. The highest BCUT2D eigenvalue weighted by Gasteiger charge is 2.15. The number of nitro groups is 1. The van der Waals surface area contributed by atoms with E-state index in [1.165, 1.54) is 30.5 Å². The van der Waals surface area contributed by atoms with Gasteiger partial charge in [0.05, 0.1) is 25.4 Å². The fourth-order valence-electron chi connectivity index (χ4n) is 3.21. The van der Waals surface area contributed by atoms with Gasteiger partial charge < -0.3 is 13.9 Å². The third-order valence-corrected chi connectivity index (χ3v) is 4.74. The van der Waals surface area contributed by atoms with E-state index in [0.29, 0.717) is 28.0 Å². The molecule has 0 atom stereocenters. The Hall–Kier alpha value is -4.40. The lowest BCUT2D eigenvalue weighted by Gasteiger charge is -2.10. The van der Waals surface area contributed by atoms with Crippen LogP contribution in [0.25, 0.3) is 21.7 Å². The predicted molar refractivity (Wildman–Crippen MR) is 115 cm³/mol. The number of fused-ring (bicyclic) bond motifs is 2. The number of carbonyl (C=O) groups excluding carboxylic acids is 1. The number of rotatable bonds is 6. The topological polar surface area (TPSA) is 116 Å². The molecule has 0 aliphatic heterocycles. The van der Waals surface area contributed by atoms with Gasteiger partial charge in [0.2, 0.25) is 0 Å². The normalized spacial score (nSPS) is 11.2. The fraction of sp³-hybridized carbons (Fsp3) is 0.0909. The summed E-state index contributed by atoms with van der Waals surface area (Å²) in [5.74, 6) is 0.650. The number of carbonyl (C=O) groups is 1. The highest BCUT2D eigenvalue weighted by atomic mass is 16.6. The first-order valence-electron chi connectivity index (χ1n) is 9.16. The molecule has 3 aromatic carbocycles. The van der Waals surface area contributed by atoms with E-state index in [0.717, 1.165) is 10.8 Å². The van der Waals surface area contributed by atoms with Gasteiger partial charge in [0.25, 0.3) is 5.69 Å². The van der Waals surface area contributed by atoms with Crippen molar-refractivity contribution < 1.29 is 23.6 Å². The summed E-state index contributed by atoms with van der Waals surface area (Å²) in [6, 6.07) is 14.9. The summed E-state index contributed by atoms with van der Waals surface area (Å²) in [6.07, 6.45) is 1.48. The molecule has 0 saturated heterocycles. The number of nitrogens with one attached hydrogen (secondary N) is 1. The van der Waals surface area contributed by atoms with E-state index in [4.69, 9.17) is 13.9 Å². The molecule has 0 aliphatic rings. The van der Waals surface area contributed by atoms with Crippen LogP contribution in [0.5, 0.6) is 11.5 Å². The lowest BCUT2D eigenvalue weighted by Crippen LogP contribution is -2.16. The molecule has 9 heteroatoms. The van der Waals surface area contributed by atoms with Crippen molar-refractivity contribution in [2.45, 2.75) is 0 Å². The molecule has 9 nitrogen and oxygen atoms in total. The maximum absolute atomic E-state index is 12.4. The van der Waals surface area contributed by atoms with Gasteiger partial charge in [0.15, 0.2) is 5.76 Å². The molecule has 0 unspecified atom stereocenters. The Morgan fingerprint density at radius 2 is 1.87 bits per heavy atom. The molecule has 0 bridgehead atoms. The number of hydrogen-bond donors (Lipinski definition) is 1. The van der Waals surface area contributed by atoms with Gasteiger partial charge in [-0.25, -0.2) is 5.43 Å². The number of nitrogens with zero attached hydrogens (tertiary/aromatic N) is 2. The Morgan fingerprint density at radius 1 is 1.06 bits per heavy atom. The second-order valence-electron chi connectivity index (χ2n) is 6.56. The Balaban J connectivity index is 1.61. The molecular weight excluding hydrogens is 402 g/mol. The molecular formula is C22H17N3O6. The number of benzene rings is 3. The van der Waals surface area contributed by atoms with Crippen molar-refractivity contribution in [3.63, 3.8) is 0 Å². The van der Waals surface area contributed by atoms with Crippen molar-refractivity contribution in [2.24, 2.45) is 5.10 Å². The van der Waals surface area contributed by atoms with E-state index in [2.05, 4.69) is 10.5 Å². The minimum absolute atomic E-state index is 0.0146. The number of hydrazone groups is 1. The molecule has 0 spiro atoms. The quantitative estimate of drug-likeness (QED) is 0.283. The van der Waals surface area contributed by atoms with Crippen LogP contribution in [-0.2, 0) is 0 Å². The van der Waals surface area contributed by atoms with Crippen LogP contribution in [0.1, 0.15) is 16.1 Å². The zero-order chi connectivity index (χ0) is 22.0. The Kier molecular flexibility index (Phi) is 5.23. The van der Waals surface area contributed by atoms with Crippen LogP contribution in [0, 0.1) is 10.1 Å². The number of ether oxygens (including phenoxy) is 2. The molecule has 1 heterocycles. The largest absolute Gasteiger partial charge is 0.497 e. The first-order valence-corrected chi connectivity index (χ1v) is 9.16. The molecule has 0 saturated carbocycles. The third-order valence-electron chi connectivity index (χ3n) is 4.74. The first kappa shape index (κ1) is 19.9. The summed E-state index contributed by atoms with van der Waals surface area (Å²) in [6.45, 7) is 0. The smallest absolute Gasteiger partial charge is 0.307 e. The van der Waals surface area contributed by atoms with Crippen LogP contribution >= 0.6 is 0 Å². The molecule has 0 aliphatic carbocycles. The highest BCUT2D eigenvalue weighted by molar-refractivity contribution is 6.04. The van der Waals surface area contributed by atoms with Crippen molar-refractivity contribution in [1.29, 1.82) is 0 Å².